The van der Waals surface area contributed by atoms with E-state index in [4.69, 9.17) is 0 Å². The molecule has 1 heterocycles. The number of thiol groups is 1. The molecule has 0 saturated heterocycles. The van der Waals surface area contributed by atoms with Crippen LogP contribution in [0.15, 0.2) is 16.8 Å². The van der Waals surface area contributed by atoms with E-state index in [1.807, 2.05) is 0 Å². The molecule has 1 nitrogen and oxygen atoms in total. The van der Waals surface area contributed by atoms with Crippen molar-refractivity contribution in [3.8, 4) is 0 Å². The van der Waals surface area contributed by atoms with Crippen molar-refractivity contribution in [2.45, 2.75) is 33.2 Å². The van der Waals surface area contributed by atoms with Crippen molar-refractivity contribution in [1.29, 1.82) is 0 Å². The molecule has 0 aliphatic heterocycles. The molecule has 0 aromatic carbocycles. The number of thiophene rings is 1. The molecule has 0 amide bonds. The Hall–Kier alpha value is 0.01000. The Morgan fingerprint density at radius 2 is 2.06 bits per heavy atom. The van der Waals surface area contributed by atoms with E-state index in [1.54, 1.807) is 11.3 Å². The topological polar surface area (TPSA) is 3.24 Å². The minimum absolute atomic E-state index is 0.383. The Morgan fingerprint density at radius 1 is 1.38 bits per heavy atom. The first kappa shape index (κ1) is 14.1. The molecule has 0 bridgehead atoms. The van der Waals surface area contributed by atoms with Crippen LogP contribution in [-0.2, 0) is 6.54 Å². The number of hydrogen-bond acceptors (Lipinski definition) is 3. The summed E-state index contributed by atoms with van der Waals surface area (Å²) in [5.41, 5.74) is 1.81. The molecular formula is C13H23NS2. The second-order valence-corrected chi connectivity index (χ2v) is 5.77. The van der Waals surface area contributed by atoms with E-state index in [1.165, 1.54) is 18.4 Å². The Kier molecular flexibility index (Phi) is 5.87. The zero-order chi connectivity index (χ0) is 12.0. The van der Waals surface area contributed by atoms with Gasteiger partial charge in [-0.2, -0.15) is 24.0 Å². The Bertz CT molecular complexity index is 270. The highest BCUT2D eigenvalue weighted by Gasteiger charge is 2.25. The number of rotatable bonds is 7. The monoisotopic (exact) mass is 257 g/mol. The van der Waals surface area contributed by atoms with Gasteiger partial charge in [0.15, 0.2) is 0 Å². The van der Waals surface area contributed by atoms with Crippen LogP contribution in [0.25, 0.3) is 0 Å². The average molecular weight is 257 g/mol. The first-order valence-corrected chi connectivity index (χ1v) is 7.54. The lowest BCUT2D eigenvalue weighted by Crippen LogP contribution is -2.36. The fraction of sp³-hybridized carbons (Fsp3) is 0.692. The Balaban J connectivity index is 2.51. The van der Waals surface area contributed by atoms with E-state index in [0.29, 0.717) is 5.41 Å². The molecule has 1 rings (SSSR count). The molecule has 0 aliphatic carbocycles. The standard InChI is InChI=1S/C13H23NS2/c1-4-13(5-2,11-15)10-14(3)8-12-6-7-16-9-12/h6-7,9,15H,4-5,8,10-11H2,1-3H3. The van der Waals surface area contributed by atoms with Crippen molar-refractivity contribution in [3.05, 3.63) is 22.4 Å². The van der Waals surface area contributed by atoms with Crippen LogP contribution in [0, 0.1) is 5.41 Å². The third kappa shape index (κ3) is 3.79. The van der Waals surface area contributed by atoms with Crippen molar-refractivity contribution in [1.82, 2.24) is 4.90 Å². The third-order valence-electron chi connectivity index (χ3n) is 3.47. The molecule has 0 spiro atoms. The Morgan fingerprint density at radius 3 is 2.50 bits per heavy atom. The van der Waals surface area contributed by atoms with E-state index in [-0.39, 0.29) is 0 Å². The summed E-state index contributed by atoms with van der Waals surface area (Å²) in [6.45, 7) is 6.74. The summed E-state index contributed by atoms with van der Waals surface area (Å²) in [5, 5.41) is 4.38. The third-order valence-corrected chi connectivity index (χ3v) is 4.88. The van der Waals surface area contributed by atoms with Gasteiger partial charge in [-0.3, -0.25) is 0 Å². The summed E-state index contributed by atoms with van der Waals surface area (Å²) in [5.74, 6) is 0.980. The minimum Gasteiger partial charge on any atom is -0.302 e. The van der Waals surface area contributed by atoms with Gasteiger partial charge in [0.2, 0.25) is 0 Å². The zero-order valence-corrected chi connectivity index (χ0v) is 12.3. The number of nitrogens with zero attached hydrogens (tertiary/aromatic N) is 1. The normalized spacial score (nSPS) is 12.3. The van der Waals surface area contributed by atoms with Crippen LogP contribution in [0.5, 0.6) is 0 Å². The highest BCUT2D eigenvalue weighted by atomic mass is 32.1. The lowest BCUT2D eigenvalue weighted by Gasteiger charge is -2.34. The van der Waals surface area contributed by atoms with Gasteiger partial charge >= 0.3 is 0 Å². The summed E-state index contributed by atoms with van der Waals surface area (Å²) >= 11 is 6.30. The molecule has 0 radical (unpaired) electrons. The van der Waals surface area contributed by atoms with Gasteiger partial charge < -0.3 is 4.90 Å². The highest BCUT2D eigenvalue weighted by molar-refractivity contribution is 7.80. The highest BCUT2D eigenvalue weighted by Crippen LogP contribution is 2.29. The van der Waals surface area contributed by atoms with Crippen LogP contribution < -0.4 is 0 Å². The molecule has 0 atom stereocenters. The Labute approximate surface area is 109 Å². The average Bonchev–Trinajstić information content (AvgIpc) is 2.79. The maximum absolute atomic E-state index is 4.53. The van der Waals surface area contributed by atoms with Crippen molar-refractivity contribution in [3.63, 3.8) is 0 Å². The molecule has 0 aliphatic rings. The molecule has 1 aromatic rings. The summed E-state index contributed by atoms with van der Waals surface area (Å²) in [6.07, 6.45) is 2.42. The van der Waals surface area contributed by atoms with Crippen molar-refractivity contribution in [2.75, 3.05) is 19.3 Å². The molecular weight excluding hydrogens is 234 g/mol. The molecule has 92 valence electrons. The predicted molar refractivity (Wildman–Crippen MR) is 77.5 cm³/mol. The van der Waals surface area contributed by atoms with Gasteiger partial charge in [-0.1, -0.05) is 13.8 Å². The van der Waals surface area contributed by atoms with Crippen LogP contribution in [-0.4, -0.2) is 24.2 Å². The number of hydrogen-bond donors (Lipinski definition) is 1. The SMILES string of the molecule is CCC(CC)(CS)CN(C)Cc1ccsc1. The van der Waals surface area contributed by atoms with Gasteiger partial charge in [0.05, 0.1) is 0 Å². The smallest absolute Gasteiger partial charge is 0.0239 e. The van der Waals surface area contributed by atoms with E-state index >= 15 is 0 Å². The quantitative estimate of drug-likeness (QED) is 0.725. The van der Waals surface area contributed by atoms with Crippen LogP contribution in [0.2, 0.25) is 0 Å². The predicted octanol–water partition coefficient (Wildman–Crippen LogP) is 3.92. The van der Waals surface area contributed by atoms with E-state index < -0.39 is 0 Å². The van der Waals surface area contributed by atoms with E-state index in [0.717, 1.165) is 18.8 Å². The van der Waals surface area contributed by atoms with Gasteiger partial charge in [-0.25, -0.2) is 0 Å². The van der Waals surface area contributed by atoms with Crippen LogP contribution in [0.4, 0.5) is 0 Å². The second kappa shape index (κ2) is 6.67. The molecule has 1 aromatic heterocycles. The molecule has 0 N–H and O–H groups in total. The molecule has 16 heavy (non-hydrogen) atoms. The maximum atomic E-state index is 4.53. The second-order valence-electron chi connectivity index (χ2n) is 4.67. The molecule has 0 fully saturated rings. The lowest BCUT2D eigenvalue weighted by atomic mass is 9.84. The first-order valence-electron chi connectivity index (χ1n) is 5.96. The summed E-state index contributed by atoms with van der Waals surface area (Å²) < 4.78 is 0. The van der Waals surface area contributed by atoms with Gasteiger partial charge in [-0.05, 0) is 53.4 Å². The first-order chi connectivity index (χ1) is 7.65. The fourth-order valence-electron chi connectivity index (χ4n) is 2.07. The lowest BCUT2D eigenvalue weighted by molar-refractivity contribution is 0.179. The minimum atomic E-state index is 0.383. The van der Waals surface area contributed by atoms with Crippen LogP contribution in [0.1, 0.15) is 32.3 Å². The molecule has 0 saturated carbocycles. The van der Waals surface area contributed by atoms with E-state index in [9.17, 15) is 0 Å². The van der Waals surface area contributed by atoms with Gasteiger partial charge in [-0.15, -0.1) is 0 Å². The van der Waals surface area contributed by atoms with Crippen molar-refractivity contribution < 1.29 is 0 Å². The van der Waals surface area contributed by atoms with Crippen LogP contribution in [0.3, 0.4) is 0 Å². The van der Waals surface area contributed by atoms with E-state index in [2.05, 4.69) is 55.3 Å². The summed E-state index contributed by atoms with van der Waals surface area (Å²) in [6, 6.07) is 2.21. The summed E-state index contributed by atoms with van der Waals surface area (Å²) in [4.78, 5) is 2.42. The maximum Gasteiger partial charge on any atom is 0.0239 e. The largest absolute Gasteiger partial charge is 0.302 e. The van der Waals surface area contributed by atoms with Gasteiger partial charge in [0, 0.05) is 13.1 Å². The fourth-order valence-corrected chi connectivity index (χ4v) is 3.28. The summed E-state index contributed by atoms with van der Waals surface area (Å²) in [7, 11) is 2.21. The van der Waals surface area contributed by atoms with Gasteiger partial charge in [0.1, 0.15) is 0 Å². The van der Waals surface area contributed by atoms with Gasteiger partial charge in [0.25, 0.3) is 0 Å². The van der Waals surface area contributed by atoms with Crippen LogP contribution >= 0.6 is 24.0 Å². The molecule has 0 unspecified atom stereocenters. The molecule has 3 heteroatoms. The van der Waals surface area contributed by atoms with Crippen molar-refractivity contribution >= 4 is 24.0 Å². The zero-order valence-electron chi connectivity index (χ0n) is 10.6. The van der Waals surface area contributed by atoms with Crippen molar-refractivity contribution in [2.24, 2.45) is 5.41 Å².